The molecule has 0 amide bonds. The van der Waals surface area contributed by atoms with Crippen LogP contribution in [0.2, 0.25) is 0 Å². The van der Waals surface area contributed by atoms with Crippen molar-refractivity contribution in [3.63, 3.8) is 0 Å². The van der Waals surface area contributed by atoms with Crippen molar-refractivity contribution in [2.75, 3.05) is 0 Å². The zero-order valence-corrected chi connectivity index (χ0v) is 12.8. The second kappa shape index (κ2) is 6.11. The van der Waals surface area contributed by atoms with Gasteiger partial charge in [0.1, 0.15) is 5.82 Å². The minimum absolute atomic E-state index is 0.210. The molecular formula is C16H10BrFN2O2. The highest BCUT2D eigenvalue weighted by atomic mass is 79.9. The minimum Gasteiger partial charge on any atom is -0.479 e. The minimum atomic E-state index is -0.333. The van der Waals surface area contributed by atoms with E-state index in [1.807, 2.05) is 24.3 Å². The fourth-order valence-corrected chi connectivity index (χ4v) is 2.05. The van der Waals surface area contributed by atoms with Crippen molar-refractivity contribution >= 4 is 27.8 Å². The molecule has 1 aromatic heterocycles. The Kier molecular flexibility index (Phi) is 4.02. The number of rotatable bonds is 3. The molecule has 110 valence electrons. The Bertz CT molecular complexity index is 811. The van der Waals surface area contributed by atoms with Crippen molar-refractivity contribution in [1.82, 2.24) is 4.98 Å². The molecule has 2 aromatic carbocycles. The van der Waals surface area contributed by atoms with E-state index in [1.165, 1.54) is 30.5 Å². The lowest BCUT2D eigenvalue weighted by atomic mass is 10.2. The van der Waals surface area contributed by atoms with E-state index >= 15 is 0 Å². The zero-order valence-electron chi connectivity index (χ0n) is 11.2. The molecule has 3 rings (SSSR count). The highest BCUT2D eigenvalue weighted by Crippen LogP contribution is 2.27. The number of halogens is 2. The lowest BCUT2D eigenvalue weighted by molar-refractivity contribution is 0.337. The first-order valence-corrected chi connectivity index (χ1v) is 7.16. The maximum Gasteiger partial charge on any atom is 0.312 e. The van der Waals surface area contributed by atoms with Gasteiger partial charge in [-0.05, 0) is 48.5 Å². The first-order valence-electron chi connectivity index (χ1n) is 6.37. The van der Waals surface area contributed by atoms with Crippen molar-refractivity contribution in [2.24, 2.45) is 4.99 Å². The lowest BCUT2D eigenvalue weighted by Gasteiger charge is -1.94. The van der Waals surface area contributed by atoms with Gasteiger partial charge in [-0.15, -0.1) is 0 Å². The average molecular weight is 361 g/mol. The molecule has 3 aromatic rings. The summed E-state index contributed by atoms with van der Waals surface area (Å²) in [5.41, 5.74) is 1.50. The monoisotopic (exact) mass is 360 g/mol. The van der Waals surface area contributed by atoms with E-state index < -0.39 is 0 Å². The van der Waals surface area contributed by atoms with Gasteiger partial charge in [-0.1, -0.05) is 15.9 Å². The first kappa shape index (κ1) is 14.5. The molecule has 0 aliphatic heterocycles. The fraction of sp³-hybridized carbons (Fsp3) is 0. The smallest absolute Gasteiger partial charge is 0.312 e. The van der Waals surface area contributed by atoms with Gasteiger partial charge in [-0.3, -0.25) is 4.99 Å². The van der Waals surface area contributed by atoms with Crippen LogP contribution < -0.4 is 0 Å². The Morgan fingerprint density at radius 2 is 1.77 bits per heavy atom. The largest absolute Gasteiger partial charge is 0.479 e. The molecule has 0 fully saturated rings. The molecule has 0 atom stereocenters. The van der Waals surface area contributed by atoms with Crippen LogP contribution in [0.3, 0.4) is 0 Å². The van der Waals surface area contributed by atoms with Crippen LogP contribution in [0.4, 0.5) is 10.1 Å². The number of nitrogens with zero attached hydrogens (tertiary/aromatic N) is 2. The van der Waals surface area contributed by atoms with Gasteiger partial charge in [0.05, 0.1) is 11.9 Å². The lowest BCUT2D eigenvalue weighted by Crippen LogP contribution is -1.83. The SMILES string of the molecule is Oc1oc(-c2ccc(Br)cc2)nc1C=Nc1ccc(F)cc1. The van der Waals surface area contributed by atoms with E-state index in [1.54, 1.807) is 0 Å². The van der Waals surface area contributed by atoms with E-state index in [4.69, 9.17) is 4.42 Å². The summed E-state index contributed by atoms with van der Waals surface area (Å²) in [6, 6.07) is 13.0. The summed E-state index contributed by atoms with van der Waals surface area (Å²) in [6.45, 7) is 0. The van der Waals surface area contributed by atoms with Gasteiger partial charge in [0.2, 0.25) is 5.89 Å². The Morgan fingerprint density at radius 1 is 1.09 bits per heavy atom. The molecule has 0 bridgehead atoms. The maximum atomic E-state index is 12.8. The number of hydrogen-bond donors (Lipinski definition) is 1. The predicted molar refractivity (Wildman–Crippen MR) is 85.0 cm³/mol. The molecule has 0 aliphatic carbocycles. The molecule has 22 heavy (non-hydrogen) atoms. The van der Waals surface area contributed by atoms with Crippen LogP contribution in [-0.2, 0) is 0 Å². The number of oxazole rings is 1. The zero-order chi connectivity index (χ0) is 15.5. The molecule has 0 spiro atoms. The topological polar surface area (TPSA) is 58.6 Å². The van der Waals surface area contributed by atoms with Crippen molar-refractivity contribution in [3.8, 4) is 17.4 Å². The van der Waals surface area contributed by atoms with Crippen LogP contribution in [0.25, 0.3) is 11.5 Å². The van der Waals surface area contributed by atoms with E-state index in [-0.39, 0.29) is 17.5 Å². The highest BCUT2D eigenvalue weighted by molar-refractivity contribution is 9.10. The molecular weight excluding hydrogens is 351 g/mol. The summed E-state index contributed by atoms with van der Waals surface area (Å²) in [6.07, 6.45) is 1.37. The van der Waals surface area contributed by atoms with E-state index in [0.717, 1.165) is 10.0 Å². The summed E-state index contributed by atoms with van der Waals surface area (Å²) < 4.78 is 19.0. The molecule has 6 heteroatoms. The molecule has 4 nitrogen and oxygen atoms in total. The molecule has 0 saturated heterocycles. The molecule has 1 heterocycles. The van der Waals surface area contributed by atoms with Gasteiger partial charge < -0.3 is 9.52 Å². The molecule has 0 aliphatic rings. The van der Waals surface area contributed by atoms with Crippen LogP contribution in [-0.4, -0.2) is 16.3 Å². The van der Waals surface area contributed by atoms with Gasteiger partial charge in [0, 0.05) is 10.0 Å². The third-order valence-corrected chi connectivity index (χ3v) is 3.42. The number of hydrogen-bond acceptors (Lipinski definition) is 4. The van der Waals surface area contributed by atoms with Crippen molar-refractivity contribution in [2.45, 2.75) is 0 Å². The average Bonchev–Trinajstić information content (AvgIpc) is 2.88. The van der Waals surface area contributed by atoms with Crippen molar-refractivity contribution in [3.05, 3.63) is 64.5 Å². The van der Waals surface area contributed by atoms with Crippen molar-refractivity contribution in [1.29, 1.82) is 0 Å². The number of benzene rings is 2. The number of aromatic nitrogens is 1. The quantitative estimate of drug-likeness (QED) is 0.688. The number of aliphatic imine (C=N–C) groups is 1. The third-order valence-electron chi connectivity index (χ3n) is 2.89. The van der Waals surface area contributed by atoms with Gasteiger partial charge >= 0.3 is 5.95 Å². The van der Waals surface area contributed by atoms with Gasteiger partial charge in [-0.2, -0.15) is 0 Å². The summed E-state index contributed by atoms with van der Waals surface area (Å²) in [7, 11) is 0. The van der Waals surface area contributed by atoms with E-state index in [0.29, 0.717) is 11.6 Å². The Balaban J connectivity index is 1.86. The van der Waals surface area contributed by atoms with Crippen LogP contribution in [0.1, 0.15) is 5.69 Å². The second-order valence-electron chi connectivity index (χ2n) is 4.45. The van der Waals surface area contributed by atoms with E-state index in [9.17, 15) is 9.50 Å². The van der Waals surface area contributed by atoms with Crippen LogP contribution in [0.5, 0.6) is 5.95 Å². The normalized spacial score (nSPS) is 11.2. The molecule has 0 unspecified atom stereocenters. The van der Waals surface area contributed by atoms with Crippen LogP contribution in [0.15, 0.2) is 62.4 Å². The summed E-state index contributed by atoms with van der Waals surface area (Å²) >= 11 is 3.35. The predicted octanol–water partition coefficient (Wildman–Crippen LogP) is 4.70. The Hall–Kier alpha value is -2.47. The van der Waals surface area contributed by atoms with E-state index in [2.05, 4.69) is 25.9 Å². The van der Waals surface area contributed by atoms with Crippen LogP contribution in [0, 0.1) is 5.82 Å². The standard InChI is InChI=1S/C16H10BrFN2O2/c17-11-3-1-10(2-4-11)15-20-14(16(21)22-15)9-19-13-7-5-12(18)6-8-13/h1-9,21H. The Labute approximate surface area is 134 Å². The van der Waals surface area contributed by atoms with Crippen LogP contribution >= 0.6 is 15.9 Å². The second-order valence-corrected chi connectivity index (χ2v) is 5.37. The summed E-state index contributed by atoms with van der Waals surface area (Å²) in [4.78, 5) is 8.30. The van der Waals surface area contributed by atoms with Gasteiger partial charge in [0.25, 0.3) is 0 Å². The third kappa shape index (κ3) is 3.23. The number of aromatic hydroxyl groups is 1. The highest BCUT2D eigenvalue weighted by Gasteiger charge is 2.12. The molecule has 0 saturated carbocycles. The van der Waals surface area contributed by atoms with Crippen molar-refractivity contribution < 1.29 is 13.9 Å². The maximum absolute atomic E-state index is 12.8. The molecule has 1 N–H and O–H groups in total. The first-order chi connectivity index (χ1) is 10.6. The summed E-state index contributed by atoms with van der Waals surface area (Å²) in [5.74, 6) is -0.352. The fourth-order valence-electron chi connectivity index (χ4n) is 1.79. The van der Waals surface area contributed by atoms with Gasteiger partial charge in [-0.25, -0.2) is 9.37 Å². The van der Waals surface area contributed by atoms with Gasteiger partial charge in [0.15, 0.2) is 5.69 Å². The summed E-state index contributed by atoms with van der Waals surface area (Å²) in [5, 5.41) is 9.78. The Morgan fingerprint density at radius 3 is 2.45 bits per heavy atom. The molecule has 0 radical (unpaired) electrons.